The van der Waals surface area contributed by atoms with Gasteiger partial charge in [0.15, 0.2) is 0 Å². The number of rotatable bonds is 4. The molecule has 15 heavy (non-hydrogen) atoms. The molecule has 0 spiro atoms. The van der Waals surface area contributed by atoms with Crippen LogP contribution in [0.15, 0.2) is 18.3 Å². The van der Waals surface area contributed by atoms with Gasteiger partial charge in [0.2, 0.25) is 0 Å². The van der Waals surface area contributed by atoms with Crippen molar-refractivity contribution >= 4 is 23.0 Å². The SMILES string of the molecule is CC1CC1CNc1ccc(C(N)=S)cn1. The Hall–Kier alpha value is -1.16. The predicted molar refractivity (Wildman–Crippen MR) is 65.9 cm³/mol. The third-order valence-corrected chi connectivity index (χ3v) is 3.11. The summed E-state index contributed by atoms with van der Waals surface area (Å²) in [4.78, 5) is 4.64. The molecule has 0 bridgehead atoms. The molecule has 2 rings (SSSR count). The van der Waals surface area contributed by atoms with Crippen LogP contribution in [0.5, 0.6) is 0 Å². The monoisotopic (exact) mass is 221 g/mol. The van der Waals surface area contributed by atoms with Crippen molar-refractivity contribution in [1.29, 1.82) is 0 Å². The smallest absolute Gasteiger partial charge is 0.125 e. The minimum Gasteiger partial charge on any atom is -0.389 e. The molecule has 0 aromatic carbocycles. The lowest BCUT2D eigenvalue weighted by molar-refractivity contribution is 0.784. The zero-order valence-corrected chi connectivity index (χ0v) is 9.55. The van der Waals surface area contributed by atoms with Gasteiger partial charge < -0.3 is 11.1 Å². The minimum atomic E-state index is 0.393. The normalized spacial score (nSPS) is 23.5. The van der Waals surface area contributed by atoms with E-state index in [9.17, 15) is 0 Å². The van der Waals surface area contributed by atoms with Crippen LogP contribution in [0.2, 0.25) is 0 Å². The Morgan fingerprint density at radius 2 is 2.40 bits per heavy atom. The van der Waals surface area contributed by atoms with Crippen molar-refractivity contribution in [3.05, 3.63) is 23.9 Å². The molecule has 0 amide bonds. The zero-order valence-electron chi connectivity index (χ0n) is 8.73. The van der Waals surface area contributed by atoms with Gasteiger partial charge in [0.25, 0.3) is 0 Å². The number of thiocarbonyl (C=S) groups is 1. The van der Waals surface area contributed by atoms with Gasteiger partial charge in [-0.25, -0.2) is 4.98 Å². The van der Waals surface area contributed by atoms with Crippen LogP contribution in [0, 0.1) is 11.8 Å². The third-order valence-electron chi connectivity index (χ3n) is 2.87. The fourth-order valence-electron chi connectivity index (χ4n) is 1.56. The third kappa shape index (κ3) is 2.65. The fourth-order valence-corrected chi connectivity index (χ4v) is 1.68. The van der Waals surface area contributed by atoms with Crippen LogP contribution in [0.3, 0.4) is 0 Å². The van der Waals surface area contributed by atoms with E-state index in [2.05, 4.69) is 17.2 Å². The summed E-state index contributed by atoms with van der Waals surface area (Å²) in [5, 5.41) is 3.31. The zero-order chi connectivity index (χ0) is 10.8. The molecule has 1 saturated carbocycles. The molecule has 1 aromatic heterocycles. The highest BCUT2D eigenvalue weighted by Crippen LogP contribution is 2.37. The predicted octanol–water partition coefficient (Wildman–Crippen LogP) is 1.78. The molecule has 80 valence electrons. The number of nitrogens with two attached hydrogens (primary N) is 1. The minimum absolute atomic E-state index is 0.393. The first-order valence-corrected chi connectivity index (χ1v) is 5.57. The van der Waals surface area contributed by atoms with E-state index in [1.165, 1.54) is 6.42 Å². The van der Waals surface area contributed by atoms with Gasteiger partial charge in [-0.2, -0.15) is 0 Å². The molecule has 0 saturated heterocycles. The Bertz CT molecular complexity index is 361. The molecule has 2 atom stereocenters. The van der Waals surface area contributed by atoms with Gasteiger partial charge in [0.05, 0.1) is 0 Å². The second-order valence-corrected chi connectivity index (χ2v) is 4.59. The van der Waals surface area contributed by atoms with Crippen molar-refractivity contribution in [3.63, 3.8) is 0 Å². The molecule has 1 aliphatic rings. The van der Waals surface area contributed by atoms with Crippen LogP contribution < -0.4 is 11.1 Å². The number of aromatic nitrogens is 1. The Balaban J connectivity index is 1.89. The molecular weight excluding hydrogens is 206 g/mol. The number of nitrogens with one attached hydrogen (secondary N) is 1. The standard InChI is InChI=1S/C11H15N3S/c1-7-4-9(7)6-14-10-3-2-8(5-13-10)11(12)15/h2-3,5,7,9H,4,6H2,1H3,(H2,12,15)(H,13,14). The number of hydrogen-bond donors (Lipinski definition) is 2. The Kier molecular flexibility index (Phi) is 2.86. The van der Waals surface area contributed by atoms with Crippen LogP contribution in [-0.2, 0) is 0 Å². The van der Waals surface area contributed by atoms with E-state index in [-0.39, 0.29) is 0 Å². The molecule has 1 heterocycles. The largest absolute Gasteiger partial charge is 0.389 e. The molecule has 3 N–H and O–H groups in total. The van der Waals surface area contributed by atoms with Crippen molar-refractivity contribution in [2.75, 3.05) is 11.9 Å². The van der Waals surface area contributed by atoms with Gasteiger partial charge in [-0.1, -0.05) is 19.1 Å². The first-order valence-electron chi connectivity index (χ1n) is 5.16. The quantitative estimate of drug-likeness (QED) is 0.761. The highest BCUT2D eigenvalue weighted by atomic mass is 32.1. The van der Waals surface area contributed by atoms with E-state index < -0.39 is 0 Å². The van der Waals surface area contributed by atoms with Gasteiger partial charge in [0.1, 0.15) is 10.8 Å². The molecule has 4 heteroatoms. The molecule has 1 fully saturated rings. The van der Waals surface area contributed by atoms with E-state index in [1.807, 2.05) is 12.1 Å². The number of anilines is 1. The van der Waals surface area contributed by atoms with Crippen LogP contribution in [0.1, 0.15) is 18.9 Å². The average Bonchev–Trinajstić information content (AvgIpc) is 2.92. The summed E-state index contributed by atoms with van der Waals surface area (Å²) in [7, 11) is 0. The summed E-state index contributed by atoms with van der Waals surface area (Å²) in [5.41, 5.74) is 6.30. The van der Waals surface area contributed by atoms with Crippen molar-refractivity contribution in [2.24, 2.45) is 17.6 Å². The van der Waals surface area contributed by atoms with Crippen LogP contribution in [0.4, 0.5) is 5.82 Å². The maximum atomic E-state index is 5.49. The van der Waals surface area contributed by atoms with Gasteiger partial charge in [-0.15, -0.1) is 0 Å². The summed E-state index contributed by atoms with van der Waals surface area (Å²) >= 11 is 4.85. The molecular formula is C11H15N3S. The Morgan fingerprint density at radius 1 is 1.67 bits per heavy atom. The molecule has 0 radical (unpaired) electrons. The van der Waals surface area contributed by atoms with Gasteiger partial charge in [0, 0.05) is 18.3 Å². The first kappa shape index (κ1) is 10.4. The van der Waals surface area contributed by atoms with Crippen molar-refractivity contribution in [2.45, 2.75) is 13.3 Å². The molecule has 3 nitrogen and oxygen atoms in total. The lowest BCUT2D eigenvalue weighted by Crippen LogP contribution is -2.11. The van der Waals surface area contributed by atoms with E-state index >= 15 is 0 Å². The van der Waals surface area contributed by atoms with Crippen LogP contribution in [-0.4, -0.2) is 16.5 Å². The fraction of sp³-hybridized carbons (Fsp3) is 0.455. The van der Waals surface area contributed by atoms with E-state index in [1.54, 1.807) is 6.20 Å². The molecule has 0 aliphatic heterocycles. The summed E-state index contributed by atoms with van der Waals surface area (Å²) in [6, 6.07) is 3.82. The summed E-state index contributed by atoms with van der Waals surface area (Å²) < 4.78 is 0. The van der Waals surface area contributed by atoms with Crippen LogP contribution >= 0.6 is 12.2 Å². The van der Waals surface area contributed by atoms with E-state index in [0.29, 0.717) is 4.99 Å². The molecule has 2 unspecified atom stereocenters. The Morgan fingerprint density at radius 3 is 2.87 bits per heavy atom. The second-order valence-electron chi connectivity index (χ2n) is 4.15. The van der Waals surface area contributed by atoms with E-state index in [0.717, 1.165) is 29.8 Å². The summed E-state index contributed by atoms with van der Waals surface area (Å²) in [5.74, 6) is 2.59. The number of nitrogens with zero attached hydrogens (tertiary/aromatic N) is 1. The Labute approximate surface area is 95.1 Å². The van der Waals surface area contributed by atoms with Gasteiger partial charge >= 0.3 is 0 Å². The first-order chi connectivity index (χ1) is 7.16. The maximum absolute atomic E-state index is 5.49. The highest BCUT2D eigenvalue weighted by molar-refractivity contribution is 7.80. The van der Waals surface area contributed by atoms with Crippen molar-refractivity contribution in [1.82, 2.24) is 4.98 Å². The number of hydrogen-bond acceptors (Lipinski definition) is 3. The van der Waals surface area contributed by atoms with Crippen LogP contribution in [0.25, 0.3) is 0 Å². The topological polar surface area (TPSA) is 50.9 Å². The van der Waals surface area contributed by atoms with Crippen molar-refractivity contribution < 1.29 is 0 Å². The second kappa shape index (κ2) is 4.14. The maximum Gasteiger partial charge on any atom is 0.125 e. The number of pyridine rings is 1. The van der Waals surface area contributed by atoms with Gasteiger partial charge in [-0.3, -0.25) is 0 Å². The van der Waals surface area contributed by atoms with Gasteiger partial charge in [-0.05, 0) is 30.4 Å². The lowest BCUT2D eigenvalue weighted by atomic mass is 10.3. The molecule has 1 aromatic rings. The summed E-state index contributed by atoms with van der Waals surface area (Å²) in [6.45, 7) is 3.29. The summed E-state index contributed by atoms with van der Waals surface area (Å²) in [6.07, 6.45) is 3.04. The average molecular weight is 221 g/mol. The molecule has 1 aliphatic carbocycles. The lowest BCUT2D eigenvalue weighted by Gasteiger charge is -2.05. The highest BCUT2D eigenvalue weighted by Gasteiger charge is 2.31. The van der Waals surface area contributed by atoms with E-state index in [4.69, 9.17) is 18.0 Å². The van der Waals surface area contributed by atoms with Crippen molar-refractivity contribution in [3.8, 4) is 0 Å².